The van der Waals surface area contributed by atoms with E-state index in [1.165, 1.54) is 11.1 Å². The van der Waals surface area contributed by atoms with E-state index in [9.17, 15) is 0 Å². The van der Waals surface area contributed by atoms with Crippen molar-refractivity contribution in [1.29, 1.82) is 0 Å². The lowest BCUT2D eigenvalue weighted by Gasteiger charge is -2.31. The number of fused-ring (bicyclic) bond motifs is 1. The largest absolute Gasteiger partial charge is 0.380 e. The number of aryl methyl sites for hydroxylation is 1. The van der Waals surface area contributed by atoms with Crippen molar-refractivity contribution in [3.63, 3.8) is 0 Å². The maximum atomic E-state index is 6.17. The average Bonchev–Trinajstić information content (AvgIpc) is 3.07. The molecular weight excluding hydrogens is 388 g/mol. The second-order valence-electron chi connectivity index (χ2n) is 7.18. The number of hydrazine groups is 1. The molecule has 1 aromatic rings. The third-order valence-electron chi connectivity index (χ3n) is 5.20. The lowest BCUT2D eigenvalue weighted by Crippen LogP contribution is -2.41. The Kier molecular flexibility index (Phi) is 9.17. The van der Waals surface area contributed by atoms with Crippen LogP contribution in [0.5, 0.6) is 0 Å². The summed E-state index contributed by atoms with van der Waals surface area (Å²) in [5.74, 6) is 6.99. The molecule has 2 heterocycles. The number of nitrogens with zero attached hydrogens (tertiary/aromatic N) is 3. The van der Waals surface area contributed by atoms with E-state index in [-0.39, 0.29) is 18.6 Å². The maximum Gasteiger partial charge on any atom is 0.168 e. The number of halogens is 1. The third-order valence-corrected chi connectivity index (χ3v) is 5.20. The minimum atomic E-state index is -0.0573. The van der Waals surface area contributed by atoms with Gasteiger partial charge in [0.25, 0.3) is 0 Å². The maximum absolute atomic E-state index is 6.17. The third kappa shape index (κ3) is 5.82. The van der Waals surface area contributed by atoms with E-state index in [4.69, 9.17) is 20.3 Å². The van der Waals surface area contributed by atoms with E-state index < -0.39 is 0 Å². The summed E-state index contributed by atoms with van der Waals surface area (Å²) in [4.78, 5) is 7.08. The number of amidine groups is 1. The molecule has 0 amide bonds. The summed E-state index contributed by atoms with van der Waals surface area (Å²) in [5.41, 5.74) is 4.82. The van der Waals surface area contributed by atoms with Crippen LogP contribution in [0.4, 0.5) is 0 Å². The first kappa shape index (κ1) is 23.4. The predicted octanol–water partition coefficient (Wildman–Crippen LogP) is 3.50. The van der Waals surface area contributed by atoms with Crippen LogP contribution in [-0.4, -0.2) is 54.9 Å². The quantitative estimate of drug-likeness (QED) is 0.463. The molecule has 6 nitrogen and oxygen atoms in total. The number of allylic oxidation sites excluding steroid dienone is 2. The molecule has 1 unspecified atom stereocenters. The van der Waals surface area contributed by atoms with Crippen LogP contribution in [0, 0.1) is 0 Å². The van der Waals surface area contributed by atoms with Crippen molar-refractivity contribution in [2.75, 3.05) is 33.0 Å². The molecule has 0 aliphatic carbocycles. The molecule has 1 aromatic carbocycles. The van der Waals surface area contributed by atoms with Crippen LogP contribution >= 0.6 is 12.4 Å². The summed E-state index contributed by atoms with van der Waals surface area (Å²) < 4.78 is 11.6. The van der Waals surface area contributed by atoms with Crippen LogP contribution in [0.2, 0.25) is 0 Å². The number of ether oxygens (including phenoxy) is 2. The van der Waals surface area contributed by atoms with Crippen molar-refractivity contribution in [2.24, 2.45) is 10.8 Å². The molecule has 29 heavy (non-hydrogen) atoms. The van der Waals surface area contributed by atoms with Gasteiger partial charge in [-0.1, -0.05) is 30.3 Å². The fourth-order valence-corrected chi connectivity index (χ4v) is 3.57. The molecule has 0 radical (unpaired) electrons. The van der Waals surface area contributed by atoms with E-state index in [1.54, 1.807) is 5.01 Å². The molecule has 2 aliphatic rings. The zero-order chi connectivity index (χ0) is 19.9. The number of benzene rings is 1. The first-order valence-corrected chi connectivity index (χ1v) is 10.1. The van der Waals surface area contributed by atoms with Gasteiger partial charge < -0.3 is 14.4 Å². The van der Waals surface area contributed by atoms with E-state index in [0.717, 1.165) is 43.1 Å². The number of nitrogens with two attached hydrogens (primary N) is 1. The van der Waals surface area contributed by atoms with Crippen LogP contribution in [-0.2, 0) is 15.9 Å². The van der Waals surface area contributed by atoms with Gasteiger partial charge in [0.2, 0.25) is 0 Å². The van der Waals surface area contributed by atoms with Crippen LogP contribution in [0.15, 0.2) is 58.4 Å². The van der Waals surface area contributed by atoms with Gasteiger partial charge in [-0.2, -0.15) is 0 Å². The summed E-state index contributed by atoms with van der Waals surface area (Å²) in [5, 5.41) is 1.62. The monoisotopic (exact) mass is 420 g/mol. The van der Waals surface area contributed by atoms with Gasteiger partial charge in [-0.25, -0.2) is 10.8 Å². The molecule has 0 saturated carbocycles. The van der Waals surface area contributed by atoms with E-state index in [2.05, 4.69) is 43.0 Å². The molecule has 2 N–H and O–H groups in total. The molecule has 3 rings (SSSR count). The van der Waals surface area contributed by atoms with Gasteiger partial charge in [0.05, 0.1) is 18.9 Å². The second kappa shape index (κ2) is 11.4. The number of rotatable bonds is 10. The van der Waals surface area contributed by atoms with Crippen molar-refractivity contribution in [3.05, 3.63) is 58.9 Å². The van der Waals surface area contributed by atoms with Gasteiger partial charge in [-0.3, -0.25) is 5.01 Å². The number of hydrogen-bond donors (Lipinski definition) is 1. The standard InChI is InChI=1S/C22H32N4O2.ClH/c1-4-27-16-20-24-22-21(18(3)17(2)15-26(22)23)25(20)12-14-28-13-8-11-19-9-6-5-7-10-19;/h5-7,9-10,15,20H,4,8,11-14,16,23H2,1-3H3;1H. The van der Waals surface area contributed by atoms with Crippen molar-refractivity contribution in [2.45, 2.75) is 39.8 Å². The molecule has 0 spiro atoms. The lowest BCUT2D eigenvalue weighted by molar-refractivity contribution is 0.0667. The summed E-state index contributed by atoms with van der Waals surface area (Å²) in [6.07, 6.45) is 3.94. The number of aliphatic imine (C=N–C) groups is 1. The van der Waals surface area contributed by atoms with E-state index in [1.807, 2.05) is 19.2 Å². The van der Waals surface area contributed by atoms with Crippen molar-refractivity contribution in [3.8, 4) is 0 Å². The molecule has 160 valence electrons. The van der Waals surface area contributed by atoms with Crippen LogP contribution < -0.4 is 5.84 Å². The highest BCUT2D eigenvalue weighted by molar-refractivity contribution is 6.02. The Morgan fingerprint density at radius 2 is 1.86 bits per heavy atom. The molecule has 0 saturated heterocycles. The van der Waals surface area contributed by atoms with E-state index in [0.29, 0.717) is 19.8 Å². The molecular formula is C22H33ClN4O2. The second-order valence-corrected chi connectivity index (χ2v) is 7.18. The van der Waals surface area contributed by atoms with Crippen LogP contribution in [0.3, 0.4) is 0 Å². The fraction of sp³-hybridized carbons (Fsp3) is 0.500. The first-order valence-electron chi connectivity index (χ1n) is 10.1. The van der Waals surface area contributed by atoms with Crippen LogP contribution in [0.25, 0.3) is 0 Å². The zero-order valence-corrected chi connectivity index (χ0v) is 18.5. The highest BCUT2D eigenvalue weighted by Gasteiger charge is 2.36. The Bertz CT molecular complexity index is 748. The Morgan fingerprint density at radius 3 is 2.59 bits per heavy atom. The SMILES string of the molecule is CCOCC1N=C2C(=C(C)C(C)=CN2N)N1CCOCCCc1ccccc1.Cl. The Labute approximate surface area is 180 Å². The molecule has 1 atom stereocenters. The summed E-state index contributed by atoms with van der Waals surface area (Å²) in [7, 11) is 0. The smallest absolute Gasteiger partial charge is 0.168 e. The van der Waals surface area contributed by atoms with Crippen LogP contribution in [0.1, 0.15) is 32.8 Å². The van der Waals surface area contributed by atoms with E-state index >= 15 is 0 Å². The van der Waals surface area contributed by atoms with Gasteiger partial charge in [0.15, 0.2) is 5.84 Å². The van der Waals surface area contributed by atoms with Gasteiger partial charge in [-0.05, 0) is 50.3 Å². The predicted molar refractivity (Wildman–Crippen MR) is 120 cm³/mol. The molecule has 0 bridgehead atoms. The van der Waals surface area contributed by atoms with Crippen molar-refractivity contribution in [1.82, 2.24) is 9.91 Å². The topological polar surface area (TPSA) is 63.3 Å². The first-order chi connectivity index (χ1) is 13.6. The highest BCUT2D eigenvalue weighted by Crippen LogP contribution is 2.31. The minimum absolute atomic E-state index is 0. The lowest BCUT2D eigenvalue weighted by atomic mass is 10.0. The Morgan fingerprint density at radius 1 is 1.10 bits per heavy atom. The fourth-order valence-electron chi connectivity index (χ4n) is 3.57. The Hall–Kier alpha value is -1.86. The normalized spacial score (nSPS) is 18.4. The van der Waals surface area contributed by atoms with Gasteiger partial charge >= 0.3 is 0 Å². The average molecular weight is 421 g/mol. The molecule has 0 fully saturated rings. The van der Waals surface area contributed by atoms with Crippen molar-refractivity contribution < 1.29 is 9.47 Å². The number of hydrogen-bond acceptors (Lipinski definition) is 6. The van der Waals surface area contributed by atoms with Crippen molar-refractivity contribution >= 4 is 18.2 Å². The Balaban J connectivity index is 0.00000300. The summed E-state index contributed by atoms with van der Waals surface area (Å²) in [6.45, 7) is 9.61. The van der Waals surface area contributed by atoms with Gasteiger partial charge in [0.1, 0.15) is 6.17 Å². The minimum Gasteiger partial charge on any atom is -0.380 e. The summed E-state index contributed by atoms with van der Waals surface area (Å²) >= 11 is 0. The molecule has 0 aromatic heterocycles. The molecule has 7 heteroatoms. The van der Waals surface area contributed by atoms with Gasteiger partial charge in [0, 0.05) is 26.0 Å². The summed E-state index contributed by atoms with van der Waals surface area (Å²) in [6, 6.07) is 10.5. The van der Waals surface area contributed by atoms with Gasteiger partial charge in [-0.15, -0.1) is 12.4 Å². The molecule has 2 aliphatic heterocycles. The highest BCUT2D eigenvalue weighted by atomic mass is 35.5. The zero-order valence-electron chi connectivity index (χ0n) is 17.6.